The highest BCUT2D eigenvalue weighted by Crippen LogP contribution is 2.29. The van der Waals surface area contributed by atoms with Crippen molar-refractivity contribution in [2.24, 2.45) is 0 Å². The van der Waals surface area contributed by atoms with Crippen molar-refractivity contribution in [3.63, 3.8) is 0 Å². The fourth-order valence-electron chi connectivity index (χ4n) is 1.84. The summed E-state index contributed by atoms with van der Waals surface area (Å²) in [5, 5.41) is 0. The van der Waals surface area contributed by atoms with E-state index in [1.54, 1.807) is 12.1 Å². The van der Waals surface area contributed by atoms with E-state index in [0.29, 0.717) is 0 Å². The Kier molecular flexibility index (Phi) is 4.58. The molecule has 0 radical (unpaired) electrons. The Bertz CT molecular complexity index is 753. The van der Waals surface area contributed by atoms with Gasteiger partial charge in [-0.3, -0.25) is 0 Å². The van der Waals surface area contributed by atoms with Gasteiger partial charge in [0, 0.05) is 6.54 Å². The number of hydrogen-bond donors (Lipinski definition) is 1. The minimum atomic E-state index is -4.45. The molecule has 0 aliphatic heterocycles. The molecule has 0 aliphatic carbocycles. The molecule has 0 saturated carbocycles. The van der Waals surface area contributed by atoms with Crippen LogP contribution in [0.15, 0.2) is 53.4 Å². The van der Waals surface area contributed by atoms with E-state index in [-0.39, 0.29) is 17.0 Å². The van der Waals surface area contributed by atoms with Gasteiger partial charge in [0.25, 0.3) is 0 Å². The number of sulfonamides is 1. The summed E-state index contributed by atoms with van der Waals surface area (Å²) >= 11 is 0. The van der Waals surface area contributed by atoms with Crippen molar-refractivity contribution in [1.29, 1.82) is 0 Å². The van der Waals surface area contributed by atoms with Crippen LogP contribution in [0.5, 0.6) is 0 Å². The predicted molar refractivity (Wildman–Crippen MR) is 76.6 cm³/mol. The van der Waals surface area contributed by atoms with E-state index in [1.165, 1.54) is 24.3 Å². The molecule has 0 amide bonds. The SMILES string of the molecule is Cc1ccc(S(=O)(=O)NCc2cccc(C(F)(F)F)c2)cc1. The van der Waals surface area contributed by atoms with E-state index in [1.807, 2.05) is 6.92 Å². The molecule has 2 rings (SSSR count). The van der Waals surface area contributed by atoms with Crippen LogP contribution in [-0.4, -0.2) is 8.42 Å². The van der Waals surface area contributed by atoms with Crippen LogP contribution in [0.1, 0.15) is 16.7 Å². The molecule has 118 valence electrons. The Labute approximate surface area is 126 Å². The Morgan fingerprint density at radius 1 is 1.05 bits per heavy atom. The molecule has 22 heavy (non-hydrogen) atoms. The van der Waals surface area contributed by atoms with Crippen LogP contribution in [0, 0.1) is 6.92 Å². The molecule has 2 aromatic rings. The second-order valence-corrected chi connectivity index (χ2v) is 6.60. The Morgan fingerprint density at radius 2 is 1.68 bits per heavy atom. The zero-order valence-corrected chi connectivity index (χ0v) is 12.5. The first-order valence-electron chi connectivity index (χ1n) is 6.41. The van der Waals surface area contributed by atoms with Crippen LogP contribution in [0.3, 0.4) is 0 Å². The molecular weight excluding hydrogens is 315 g/mol. The van der Waals surface area contributed by atoms with Gasteiger partial charge in [-0.2, -0.15) is 13.2 Å². The summed E-state index contributed by atoms with van der Waals surface area (Å²) in [7, 11) is -3.75. The van der Waals surface area contributed by atoms with Gasteiger partial charge in [0.15, 0.2) is 0 Å². The van der Waals surface area contributed by atoms with E-state index in [4.69, 9.17) is 0 Å². The van der Waals surface area contributed by atoms with Crippen LogP contribution in [0.4, 0.5) is 13.2 Å². The molecule has 7 heteroatoms. The third-order valence-corrected chi connectivity index (χ3v) is 4.47. The van der Waals surface area contributed by atoms with Gasteiger partial charge >= 0.3 is 6.18 Å². The highest BCUT2D eigenvalue weighted by Gasteiger charge is 2.30. The quantitative estimate of drug-likeness (QED) is 0.933. The number of nitrogens with one attached hydrogen (secondary N) is 1. The third-order valence-electron chi connectivity index (χ3n) is 3.05. The highest BCUT2D eigenvalue weighted by atomic mass is 32.2. The van der Waals surface area contributed by atoms with Gasteiger partial charge in [-0.15, -0.1) is 0 Å². The molecule has 3 nitrogen and oxygen atoms in total. The van der Waals surface area contributed by atoms with E-state index in [0.717, 1.165) is 17.7 Å². The monoisotopic (exact) mass is 329 g/mol. The van der Waals surface area contributed by atoms with Crippen molar-refractivity contribution in [1.82, 2.24) is 4.72 Å². The Balaban J connectivity index is 2.14. The molecule has 0 aliphatic rings. The highest BCUT2D eigenvalue weighted by molar-refractivity contribution is 7.89. The fourth-order valence-corrected chi connectivity index (χ4v) is 2.85. The largest absolute Gasteiger partial charge is 0.416 e. The minimum Gasteiger partial charge on any atom is -0.207 e. The van der Waals surface area contributed by atoms with Gasteiger partial charge in [-0.05, 0) is 30.7 Å². The first kappa shape index (κ1) is 16.5. The molecule has 0 bridgehead atoms. The average Bonchev–Trinajstić information content (AvgIpc) is 2.45. The average molecular weight is 329 g/mol. The van der Waals surface area contributed by atoms with Crippen molar-refractivity contribution < 1.29 is 21.6 Å². The fraction of sp³-hybridized carbons (Fsp3) is 0.200. The molecule has 0 atom stereocenters. The first-order chi connectivity index (χ1) is 10.2. The van der Waals surface area contributed by atoms with Crippen LogP contribution in [0.2, 0.25) is 0 Å². The predicted octanol–water partition coefficient (Wildman–Crippen LogP) is 3.49. The lowest BCUT2D eigenvalue weighted by Gasteiger charge is -2.10. The maximum atomic E-state index is 12.6. The number of alkyl halides is 3. The van der Waals surface area contributed by atoms with Crippen LogP contribution >= 0.6 is 0 Å². The van der Waals surface area contributed by atoms with Crippen LogP contribution in [0.25, 0.3) is 0 Å². The molecule has 0 unspecified atom stereocenters. The zero-order chi connectivity index (χ0) is 16.4. The minimum absolute atomic E-state index is 0.0741. The number of aryl methyl sites for hydroxylation is 1. The maximum absolute atomic E-state index is 12.6. The lowest BCUT2D eigenvalue weighted by molar-refractivity contribution is -0.137. The molecule has 2 aromatic carbocycles. The number of rotatable bonds is 4. The summed E-state index contributed by atoms with van der Waals surface area (Å²) in [6.45, 7) is 1.62. The molecule has 0 heterocycles. The standard InChI is InChI=1S/C15H14F3NO2S/c1-11-5-7-14(8-6-11)22(20,21)19-10-12-3-2-4-13(9-12)15(16,17)18/h2-9,19H,10H2,1H3. The molecule has 1 N–H and O–H groups in total. The summed E-state index contributed by atoms with van der Waals surface area (Å²) in [6, 6.07) is 10.8. The van der Waals surface area contributed by atoms with E-state index >= 15 is 0 Å². The lowest BCUT2D eigenvalue weighted by atomic mass is 10.1. The van der Waals surface area contributed by atoms with Crippen molar-refractivity contribution in [3.05, 3.63) is 65.2 Å². The van der Waals surface area contributed by atoms with Crippen molar-refractivity contribution >= 4 is 10.0 Å². The summed E-state index contributed by atoms with van der Waals surface area (Å²) in [5.74, 6) is 0. The molecule has 0 spiro atoms. The molecular formula is C15H14F3NO2S. The number of benzene rings is 2. The lowest BCUT2D eigenvalue weighted by Crippen LogP contribution is -2.23. The summed E-state index contributed by atoms with van der Waals surface area (Å²) in [6.07, 6.45) is -4.45. The van der Waals surface area contributed by atoms with Crippen molar-refractivity contribution in [3.8, 4) is 0 Å². The number of halogens is 3. The third kappa shape index (κ3) is 4.08. The first-order valence-corrected chi connectivity index (χ1v) is 7.89. The Morgan fingerprint density at radius 3 is 2.27 bits per heavy atom. The second kappa shape index (κ2) is 6.10. The molecule has 0 aromatic heterocycles. The van der Waals surface area contributed by atoms with Crippen LogP contribution in [-0.2, 0) is 22.7 Å². The van der Waals surface area contributed by atoms with Gasteiger partial charge in [-0.1, -0.05) is 35.9 Å². The Hall–Kier alpha value is -1.86. The normalized spacial score (nSPS) is 12.4. The van der Waals surface area contributed by atoms with Gasteiger partial charge in [0.1, 0.15) is 0 Å². The van der Waals surface area contributed by atoms with Crippen LogP contribution < -0.4 is 4.72 Å². The van der Waals surface area contributed by atoms with Crippen molar-refractivity contribution in [2.45, 2.75) is 24.5 Å². The summed E-state index contributed by atoms with van der Waals surface area (Å²) in [5.41, 5.74) is 0.349. The summed E-state index contributed by atoms with van der Waals surface area (Å²) in [4.78, 5) is 0.0741. The summed E-state index contributed by atoms with van der Waals surface area (Å²) < 4.78 is 64.2. The van der Waals surface area contributed by atoms with Gasteiger partial charge in [-0.25, -0.2) is 13.1 Å². The van der Waals surface area contributed by atoms with E-state index < -0.39 is 21.8 Å². The van der Waals surface area contributed by atoms with E-state index in [9.17, 15) is 21.6 Å². The van der Waals surface area contributed by atoms with Gasteiger partial charge < -0.3 is 0 Å². The second-order valence-electron chi connectivity index (χ2n) is 4.84. The van der Waals surface area contributed by atoms with Crippen molar-refractivity contribution in [2.75, 3.05) is 0 Å². The smallest absolute Gasteiger partial charge is 0.207 e. The molecule has 0 fully saturated rings. The zero-order valence-electron chi connectivity index (χ0n) is 11.7. The van der Waals surface area contributed by atoms with Gasteiger partial charge in [0.05, 0.1) is 10.5 Å². The van der Waals surface area contributed by atoms with Gasteiger partial charge in [0.2, 0.25) is 10.0 Å². The number of hydrogen-bond acceptors (Lipinski definition) is 2. The van der Waals surface area contributed by atoms with E-state index in [2.05, 4.69) is 4.72 Å². The topological polar surface area (TPSA) is 46.2 Å². The molecule has 0 saturated heterocycles. The maximum Gasteiger partial charge on any atom is 0.416 e.